The van der Waals surface area contributed by atoms with E-state index < -0.39 is 12.1 Å². The second-order valence-corrected chi connectivity index (χ2v) is 4.36. The topological polar surface area (TPSA) is 55.8 Å². The molecule has 0 bridgehead atoms. The van der Waals surface area contributed by atoms with E-state index in [4.69, 9.17) is 4.74 Å². The minimum absolute atomic E-state index is 0.0106. The number of methoxy groups -OCH3 is 1. The summed E-state index contributed by atoms with van der Waals surface area (Å²) in [4.78, 5) is 25.1. The summed E-state index contributed by atoms with van der Waals surface area (Å²) < 4.78 is 9.91. The second-order valence-electron chi connectivity index (χ2n) is 4.36. The molecule has 1 fully saturated rings. The van der Waals surface area contributed by atoms with Crippen molar-refractivity contribution in [2.45, 2.75) is 32.8 Å². The van der Waals surface area contributed by atoms with Gasteiger partial charge in [-0.1, -0.05) is 20.3 Å². The van der Waals surface area contributed by atoms with E-state index in [2.05, 4.69) is 11.7 Å². The van der Waals surface area contributed by atoms with Gasteiger partial charge in [-0.3, -0.25) is 4.79 Å². The van der Waals surface area contributed by atoms with E-state index in [0.29, 0.717) is 19.7 Å². The monoisotopic (exact) mass is 243 g/mol. The standard InChI is InChI=1S/C12H21NO4/c1-4-5-9(2)11(14)13-6-7-17-10(8-13)12(15)16-3/h9-10H,4-8H2,1-3H3. The first-order valence-electron chi connectivity index (χ1n) is 6.08. The van der Waals surface area contributed by atoms with Gasteiger partial charge >= 0.3 is 5.97 Å². The van der Waals surface area contributed by atoms with Gasteiger partial charge in [-0.15, -0.1) is 0 Å². The predicted octanol–water partition coefficient (Wildman–Crippen LogP) is 0.823. The van der Waals surface area contributed by atoms with E-state index in [9.17, 15) is 9.59 Å². The summed E-state index contributed by atoms with van der Waals surface area (Å²) in [5.41, 5.74) is 0. The minimum atomic E-state index is -0.633. The molecule has 1 saturated heterocycles. The zero-order valence-corrected chi connectivity index (χ0v) is 10.8. The van der Waals surface area contributed by atoms with Gasteiger partial charge in [-0.05, 0) is 6.42 Å². The maximum absolute atomic E-state index is 12.1. The van der Waals surface area contributed by atoms with Crippen LogP contribution in [-0.4, -0.2) is 49.7 Å². The Kier molecular flexibility index (Phi) is 5.41. The molecule has 98 valence electrons. The first-order chi connectivity index (χ1) is 8.10. The van der Waals surface area contributed by atoms with E-state index >= 15 is 0 Å². The third-order valence-corrected chi connectivity index (χ3v) is 2.99. The van der Waals surface area contributed by atoms with Crippen molar-refractivity contribution in [3.8, 4) is 0 Å². The van der Waals surface area contributed by atoms with Gasteiger partial charge in [-0.25, -0.2) is 4.79 Å². The molecule has 0 aromatic rings. The molecule has 5 nitrogen and oxygen atoms in total. The van der Waals surface area contributed by atoms with Crippen LogP contribution in [0.4, 0.5) is 0 Å². The average molecular weight is 243 g/mol. The molecule has 2 atom stereocenters. The number of ether oxygens (including phenoxy) is 2. The number of morpholine rings is 1. The van der Waals surface area contributed by atoms with Crippen LogP contribution >= 0.6 is 0 Å². The van der Waals surface area contributed by atoms with Crippen molar-refractivity contribution in [3.63, 3.8) is 0 Å². The molecule has 1 heterocycles. The van der Waals surface area contributed by atoms with Crippen LogP contribution in [0.1, 0.15) is 26.7 Å². The highest BCUT2D eigenvalue weighted by atomic mass is 16.6. The summed E-state index contributed by atoms with van der Waals surface area (Å²) in [6.07, 6.45) is 1.23. The van der Waals surface area contributed by atoms with Gasteiger partial charge in [0.15, 0.2) is 6.10 Å². The second kappa shape index (κ2) is 6.59. The van der Waals surface area contributed by atoms with E-state index in [1.165, 1.54) is 7.11 Å². The number of hydrogen-bond donors (Lipinski definition) is 0. The summed E-state index contributed by atoms with van der Waals surface area (Å²) in [7, 11) is 1.33. The lowest BCUT2D eigenvalue weighted by atomic mass is 10.0. The Morgan fingerprint density at radius 1 is 1.53 bits per heavy atom. The van der Waals surface area contributed by atoms with Crippen molar-refractivity contribution in [2.24, 2.45) is 5.92 Å². The van der Waals surface area contributed by atoms with Crippen molar-refractivity contribution in [3.05, 3.63) is 0 Å². The maximum atomic E-state index is 12.1. The molecule has 1 aliphatic heterocycles. The van der Waals surface area contributed by atoms with E-state index in [1.54, 1.807) is 4.90 Å². The Morgan fingerprint density at radius 3 is 2.82 bits per heavy atom. The Hall–Kier alpha value is -1.10. The number of carbonyl (C=O) groups excluding carboxylic acids is 2. The lowest BCUT2D eigenvalue weighted by molar-refractivity contribution is -0.163. The van der Waals surface area contributed by atoms with Crippen LogP contribution in [-0.2, 0) is 19.1 Å². The number of nitrogens with zero attached hydrogens (tertiary/aromatic N) is 1. The highest BCUT2D eigenvalue weighted by Gasteiger charge is 2.31. The largest absolute Gasteiger partial charge is 0.467 e. The summed E-state index contributed by atoms with van der Waals surface area (Å²) in [5, 5.41) is 0. The third-order valence-electron chi connectivity index (χ3n) is 2.99. The SMILES string of the molecule is CCCC(C)C(=O)N1CCOC(C(=O)OC)C1. The van der Waals surface area contributed by atoms with Gasteiger partial charge in [0.1, 0.15) is 0 Å². The van der Waals surface area contributed by atoms with Gasteiger partial charge in [0, 0.05) is 12.5 Å². The molecule has 0 aliphatic carbocycles. The number of carbonyl (C=O) groups is 2. The predicted molar refractivity (Wildman–Crippen MR) is 62.4 cm³/mol. The molecule has 1 amide bonds. The van der Waals surface area contributed by atoms with Crippen LogP contribution in [0.3, 0.4) is 0 Å². The van der Waals surface area contributed by atoms with Crippen LogP contribution < -0.4 is 0 Å². The molecular formula is C12H21NO4. The number of hydrogen-bond acceptors (Lipinski definition) is 4. The smallest absolute Gasteiger partial charge is 0.336 e. The van der Waals surface area contributed by atoms with Crippen LogP contribution in [0, 0.1) is 5.92 Å². The molecule has 1 aliphatic rings. The van der Waals surface area contributed by atoms with Crippen molar-refractivity contribution < 1.29 is 19.1 Å². The first-order valence-corrected chi connectivity index (χ1v) is 6.08. The molecule has 0 radical (unpaired) electrons. The summed E-state index contributed by atoms with van der Waals surface area (Å²) in [6.45, 7) is 5.24. The van der Waals surface area contributed by atoms with Gasteiger partial charge in [0.25, 0.3) is 0 Å². The van der Waals surface area contributed by atoms with Crippen molar-refractivity contribution in [1.82, 2.24) is 4.90 Å². The average Bonchev–Trinajstić information content (AvgIpc) is 2.37. The molecule has 0 saturated carbocycles. The summed E-state index contributed by atoms with van der Waals surface area (Å²) >= 11 is 0. The van der Waals surface area contributed by atoms with Crippen LogP contribution in [0.2, 0.25) is 0 Å². The molecular weight excluding hydrogens is 222 g/mol. The Bertz CT molecular complexity index is 280. The maximum Gasteiger partial charge on any atom is 0.336 e. The first kappa shape index (κ1) is 14.0. The Balaban J connectivity index is 2.54. The molecule has 0 spiro atoms. The van der Waals surface area contributed by atoms with Crippen LogP contribution in [0.15, 0.2) is 0 Å². The van der Waals surface area contributed by atoms with Gasteiger partial charge in [0.2, 0.25) is 5.91 Å². The lowest BCUT2D eigenvalue weighted by Gasteiger charge is -2.33. The summed E-state index contributed by atoms with van der Waals surface area (Å²) in [5.74, 6) is -0.300. The highest BCUT2D eigenvalue weighted by molar-refractivity contribution is 5.80. The van der Waals surface area contributed by atoms with Crippen molar-refractivity contribution >= 4 is 11.9 Å². The van der Waals surface area contributed by atoms with Crippen LogP contribution in [0.25, 0.3) is 0 Å². The van der Waals surface area contributed by atoms with Crippen molar-refractivity contribution in [1.29, 1.82) is 0 Å². The quantitative estimate of drug-likeness (QED) is 0.686. The molecule has 5 heteroatoms. The van der Waals surface area contributed by atoms with E-state index in [0.717, 1.165) is 12.8 Å². The fourth-order valence-electron chi connectivity index (χ4n) is 1.99. The lowest BCUT2D eigenvalue weighted by Crippen LogP contribution is -2.50. The number of esters is 1. The molecule has 2 unspecified atom stereocenters. The fraction of sp³-hybridized carbons (Fsp3) is 0.833. The molecule has 17 heavy (non-hydrogen) atoms. The van der Waals surface area contributed by atoms with Gasteiger partial charge in [-0.2, -0.15) is 0 Å². The van der Waals surface area contributed by atoms with E-state index in [-0.39, 0.29) is 11.8 Å². The normalized spacial score (nSPS) is 22.1. The highest BCUT2D eigenvalue weighted by Crippen LogP contribution is 2.14. The zero-order chi connectivity index (χ0) is 12.8. The number of amides is 1. The van der Waals surface area contributed by atoms with Gasteiger partial charge in [0.05, 0.1) is 20.3 Å². The zero-order valence-electron chi connectivity index (χ0n) is 10.8. The number of rotatable bonds is 4. The van der Waals surface area contributed by atoms with Crippen LogP contribution in [0.5, 0.6) is 0 Å². The molecule has 0 aromatic heterocycles. The summed E-state index contributed by atoms with van der Waals surface area (Å²) in [6, 6.07) is 0. The Morgan fingerprint density at radius 2 is 2.24 bits per heavy atom. The van der Waals surface area contributed by atoms with Gasteiger partial charge < -0.3 is 14.4 Å². The fourth-order valence-corrected chi connectivity index (χ4v) is 1.99. The molecule has 1 rings (SSSR count). The minimum Gasteiger partial charge on any atom is -0.467 e. The third kappa shape index (κ3) is 3.70. The molecule has 0 aromatic carbocycles. The molecule has 0 N–H and O–H groups in total. The van der Waals surface area contributed by atoms with E-state index in [1.807, 2.05) is 6.92 Å². The van der Waals surface area contributed by atoms with Crippen molar-refractivity contribution in [2.75, 3.05) is 26.8 Å². The Labute approximate surface area is 102 Å².